The van der Waals surface area contributed by atoms with E-state index in [1.165, 1.54) is 0 Å². The van der Waals surface area contributed by atoms with Crippen molar-refractivity contribution in [3.63, 3.8) is 0 Å². The van der Waals surface area contributed by atoms with Gasteiger partial charge in [-0.1, -0.05) is 19.8 Å². The summed E-state index contributed by atoms with van der Waals surface area (Å²) in [6.07, 6.45) is 1.67. The number of hydrogen-bond donors (Lipinski definition) is 1. The van der Waals surface area contributed by atoms with E-state index in [1.54, 1.807) is 0 Å². The molecule has 1 saturated heterocycles. The van der Waals surface area contributed by atoms with Crippen molar-refractivity contribution in [3.05, 3.63) is 0 Å². The maximum absolute atomic E-state index is 12.6. The summed E-state index contributed by atoms with van der Waals surface area (Å²) in [5, 5.41) is 9.11. The number of rotatable bonds is 7. The second-order valence-corrected chi connectivity index (χ2v) is 6.23. The van der Waals surface area contributed by atoms with Crippen molar-refractivity contribution in [2.75, 3.05) is 12.3 Å². The van der Waals surface area contributed by atoms with Gasteiger partial charge in [-0.3, -0.25) is 4.79 Å². The van der Waals surface area contributed by atoms with Gasteiger partial charge >= 0.3 is 16.2 Å². The van der Waals surface area contributed by atoms with Crippen molar-refractivity contribution in [1.29, 1.82) is 0 Å². The van der Waals surface area contributed by atoms with Crippen molar-refractivity contribution < 1.29 is 27.0 Å². The van der Waals surface area contributed by atoms with Crippen molar-refractivity contribution in [2.45, 2.75) is 38.6 Å². The van der Waals surface area contributed by atoms with E-state index in [2.05, 4.69) is 0 Å². The SMILES string of the molecule is CCCCC(C(=O)O)N1CC(CS(=O)(=O)F)CC1=O. The highest BCUT2D eigenvalue weighted by atomic mass is 32.3. The molecule has 1 N–H and O–H groups in total. The van der Waals surface area contributed by atoms with E-state index in [0.29, 0.717) is 12.8 Å². The molecule has 2 atom stereocenters. The molecule has 1 aliphatic rings. The van der Waals surface area contributed by atoms with E-state index < -0.39 is 39.8 Å². The topological polar surface area (TPSA) is 91.8 Å². The smallest absolute Gasteiger partial charge is 0.326 e. The number of amides is 1. The normalized spacial score (nSPS) is 21.7. The molecule has 0 radical (unpaired) electrons. The number of carboxylic acids is 1. The zero-order valence-electron chi connectivity index (χ0n) is 10.7. The fourth-order valence-electron chi connectivity index (χ4n) is 2.31. The Labute approximate surface area is 111 Å². The molecule has 1 fully saturated rings. The molecule has 0 bridgehead atoms. The molecule has 0 aromatic carbocycles. The molecule has 1 aliphatic heterocycles. The third-order valence-electron chi connectivity index (χ3n) is 3.17. The van der Waals surface area contributed by atoms with Gasteiger partial charge in [0.1, 0.15) is 6.04 Å². The Morgan fingerprint density at radius 3 is 2.68 bits per heavy atom. The first-order valence-electron chi connectivity index (χ1n) is 6.19. The number of hydrogen-bond acceptors (Lipinski definition) is 4. The average molecular weight is 295 g/mol. The lowest BCUT2D eigenvalue weighted by Gasteiger charge is -2.24. The van der Waals surface area contributed by atoms with Gasteiger partial charge in [0.05, 0.1) is 5.75 Å². The number of aliphatic carboxylic acids is 1. The molecule has 8 heteroatoms. The molecule has 1 rings (SSSR count). The van der Waals surface area contributed by atoms with Crippen LogP contribution < -0.4 is 0 Å². The van der Waals surface area contributed by atoms with Crippen molar-refractivity contribution in [1.82, 2.24) is 4.90 Å². The van der Waals surface area contributed by atoms with Gasteiger partial charge in [-0.05, 0) is 6.42 Å². The molecule has 1 heterocycles. The van der Waals surface area contributed by atoms with Crippen LogP contribution in [0.1, 0.15) is 32.6 Å². The summed E-state index contributed by atoms with van der Waals surface area (Å²) in [6, 6.07) is -0.945. The van der Waals surface area contributed by atoms with Crippen LogP contribution in [0.5, 0.6) is 0 Å². The van der Waals surface area contributed by atoms with Crippen molar-refractivity contribution in [3.8, 4) is 0 Å². The highest BCUT2D eigenvalue weighted by Gasteiger charge is 2.38. The van der Waals surface area contributed by atoms with E-state index in [4.69, 9.17) is 5.11 Å². The van der Waals surface area contributed by atoms with E-state index >= 15 is 0 Å². The van der Waals surface area contributed by atoms with Crippen LogP contribution in [0.3, 0.4) is 0 Å². The second kappa shape index (κ2) is 6.31. The molecule has 19 heavy (non-hydrogen) atoms. The molecule has 0 saturated carbocycles. The maximum Gasteiger partial charge on any atom is 0.326 e. The largest absolute Gasteiger partial charge is 0.480 e. The molecular weight excluding hydrogens is 277 g/mol. The third kappa shape index (κ3) is 4.77. The van der Waals surface area contributed by atoms with Gasteiger partial charge in [0, 0.05) is 18.9 Å². The molecule has 6 nitrogen and oxygen atoms in total. The van der Waals surface area contributed by atoms with Gasteiger partial charge in [-0.15, -0.1) is 3.89 Å². The lowest BCUT2D eigenvalue weighted by atomic mass is 10.1. The lowest BCUT2D eigenvalue weighted by Crippen LogP contribution is -2.42. The minimum absolute atomic E-state index is 0.0112. The number of carbonyl (C=O) groups is 2. The van der Waals surface area contributed by atoms with Gasteiger partial charge in [0.2, 0.25) is 5.91 Å². The predicted molar refractivity (Wildman–Crippen MR) is 65.7 cm³/mol. The third-order valence-corrected chi connectivity index (χ3v) is 4.04. The molecule has 0 aromatic rings. The quantitative estimate of drug-likeness (QED) is 0.701. The van der Waals surface area contributed by atoms with Crippen molar-refractivity contribution in [2.24, 2.45) is 5.92 Å². The lowest BCUT2D eigenvalue weighted by molar-refractivity contribution is -0.148. The Hall–Kier alpha value is -1.18. The molecular formula is C11H18FNO5S. The van der Waals surface area contributed by atoms with Gasteiger partial charge < -0.3 is 10.0 Å². The van der Waals surface area contributed by atoms with Crippen LogP contribution in [0, 0.1) is 5.92 Å². The standard InChI is InChI=1S/C11H18FNO5S/c1-2-3-4-9(11(15)16)13-6-8(5-10(13)14)7-19(12,17)18/h8-9H,2-7H2,1H3,(H,15,16). The number of unbranched alkanes of at least 4 members (excludes halogenated alkanes) is 1. The highest BCUT2D eigenvalue weighted by Crippen LogP contribution is 2.24. The fourth-order valence-corrected chi connectivity index (χ4v) is 3.10. The fraction of sp³-hybridized carbons (Fsp3) is 0.818. The average Bonchev–Trinajstić information content (AvgIpc) is 2.57. The van der Waals surface area contributed by atoms with E-state index in [1.807, 2.05) is 6.92 Å². The number of likely N-dealkylation sites (tertiary alicyclic amines) is 1. The first kappa shape index (κ1) is 15.9. The Bertz CT molecular complexity index is 450. The van der Waals surface area contributed by atoms with E-state index in [9.17, 15) is 21.9 Å². The van der Waals surface area contributed by atoms with Gasteiger partial charge in [0.25, 0.3) is 0 Å². The summed E-state index contributed by atoms with van der Waals surface area (Å²) in [6.45, 7) is 1.89. The number of carboxylic acid groups (broad SMARTS) is 1. The summed E-state index contributed by atoms with van der Waals surface area (Å²) in [5.74, 6) is -2.91. The predicted octanol–water partition coefficient (Wildman–Crippen LogP) is 0.778. The van der Waals surface area contributed by atoms with Crippen LogP contribution in [-0.2, 0) is 19.8 Å². The van der Waals surface area contributed by atoms with Gasteiger partial charge in [-0.2, -0.15) is 8.42 Å². The van der Waals surface area contributed by atoms with Crippen LogP contribution in [0.15, 0.2) is 0 Å². The minimum atomic E-state index is -4.64. The van der Waals surface area contributed by atoms with E-state index in [-0.39, 0.29) is 13.0 Å². The summed E-state index contributed by atoms with van der Waals surface area (Å²) in [7, 11) is -4.64. The molecule has 0 spiro atoms. The maximum atomic E-state index is 12.6. The molecule has 2 unspecified atom stereocenters. The molecule has 1 amide bonds. The zero-order chi connectivity index (χ0) is 14.6. The van der Waals surface area contributed by atoms with Gasteiger partial charge in [-0.25, -0.2) is 4.79 Å². The van der Waals surface area contributed by atoms with Crippen molar-refractivity contribution >= 4 is 22.1 Å². The number of halogens is 1. The van der Waals surface area contributed by atoms with E-state index in [0.717, 1.165) is 11.3 Å². The number of carbonyl (C=O) groups excluding carboxylic acids is 1. The summed E-state index contributed by atoms with van der Waals surface area (Å²) >= 11 is 0. The Morgan fingerprint density at radius 2 is 2.21 bits per heavy atom. The van der Waals surface area contributed by atoms with Crippen LogP contribution in [0.4, 0.5) is 3.89 Å². The molecule has 110 valence electrons. The first-order chi connectivity index (χ1) is 8.74. The number of nitrogens with zero attached hydrogens (tertiary/aromatic N) is 1. The van der Waals surface area contributed by atoms with Gasteiger partial charge in [0.15, 0.2) is 0 Å². The second-order valence-electron chi connectivity index (χ2n) is 4.82. The van der Waals surface area contributed by atoms with Crippen LogP contribution in [0.2, 0.25) is 0 Å². The summed E-state index contributed by atoms with van der Waals surface area (Å²) < 4.78 is 33.7. The zero-order valence-corrected chi connectivity index (χ0v) is 11.5. The Morgan fingerprint density at radius 1 is 1.58 bits per heavy atom. The summed E-state index contributed by atoms with van der Waals surface area (Å²) in [4.78, 5) is 24.0. The molecule has 0 aromatic heterocycles. The summed E-state index contributed by atoms with van der Waals surface area (Å²) in [5.41, 5.74) is 0. The van der Waals surface area contributed by atoms with Crippen LogP contribution in [0.25, 0.3) is 0 Å². The minimum Gasteiger partial charge on any atom is -0.480 e. The highest BCUT2D eigenvalue weighted by molar-refractivity contribution is 7.86. The Balaban J connectivity index is 2.72. The van der Waals surface area contributed by atoms with Crippen LogP contribution >= 0.6 is 0 Å². The Kier molecular flexibility index (Phi) is 5.28. The monoisotopic (exact) mass is 295 g/mol. The first-order valence-corrected chi connectivity index (χ1v) is 7.74. The van der Waals surface area contributed by atoms with Crippen LogP contribution in [-0.4, -0.2) is 48.6 Å². The molecule has 0 aliphatic carbocycles.